The molecular formula is C14H24N2O4S. The van der Waals surface area contributed by atoms with Gasteiger partial charge in [-0.05, 0) is 26.2 Å². The topological polar surface area (TPSA) is 94.3 Å². The van der Waals surface area contributed by atoms with Crippen LogP contribution in [0, 0.1) is 5.92 Å². The van der Waals surface area contributed by atoms with Gasteiger partial charge in [0, 0.05) is 6.54 Å². The van der Waals surface area contributed by atoms with Crippen LogP contribution in [0.2, 0.25) is 0 Å². The van der Waals surface area contributed by atoms with E-state index in [-0.39, 0.29) is 11.5 Å². The van der Waals surface area contributed by atoms with Gasteiger partial charge in [0.05, 0.1) is 11.6 Å². The Morgan fingerprint density at radius 3 is 2.67 bits per heavy atom. The predicted molar refractivity (Wildman–Crippen MR) is 81.1 cm³/mol. The van der Waals surface area contributed by atoms with Gasteiger partial charge in [-0.25, -0.2) is 0 Å². The molecule has 0 aromatic carbocycles. The third kappa shape index (κ3) is 3.37. The van der Waals surface area contributed by atoms with Gasteiger partial charge in [0.15, 0.2) is 5.17 Å². The van der Waals surface area contributed by atoms with Crippen LogP contribution in [0.1, 0.15) is 33.1 Å². The van der Waals surface area contributed by atoms with Crippen LogP contribution >= 0.6 is 11.8 Å². The van der Waals surface area contributed by atoms with Crippen molar-refractivity contribution in [2.45, 2.75) is 68.5 Å². The third-order valence-electron chi connectivity index (χ3n) is 4.31. The number of rotatable bonds is 4. The number of fused-ring (bicyclic) bond motifs is 1. The summed E-state index contributed by atoms with van der Waals surface area (Å²) >= 11 is 1.43. The standard InChI is InChI=1S/C14H24N2O4S/c1-14(2,19)11-10(18)9(17)8-12(20-11)21-13(16-8)15-6-5-7-3-4-7/h7-12,17-19H,3-6H2,1-2H3,(H,15,16). The molecule has 0 amide bonds. The Morgan fingerprint density at radius 1 is 1.33 bits per heavy atom. The first-order chi connectivity index (χ1) is 9.86. The quantitative estimate of drug-likeness (QED) is 0.586. The maximum Gasteiger partial charge on any atom is 0.159 e. The Labute approximate surface area is 129 Å². The molecule has 0 radical (unpaired) electrons. The van der Waals surface area contributed by atoms with E-state index < -0.39 is 23.9 Å². The van der Waals surface area contributed by atoms with Crippen LogP contribution in [-0.2, 0) is 4.74 Å². The van der Waals surface area contributed by atoms with Crippen molar-refractivity contribution in [2.24, 2.45) is 10.9 Å². The lowest BCUT2D eigenvalue weighted by Gasteiger charge is -2.43. The molecule has 4 N–H and O–H groups in total. The maximum atomic E-state index is 10.3. The largest absolute Gasteiger partial charge is 0.388 e. The molecule has 5 atom stereocenters. The van der Waals surface area contributed by atoms with Crippen LogP contribution < -0.4 is 5.32 Å². The molecular weight excluding hydrogens is 292 g/mol. The predicted octanol–water partition coefficient (Wildman–Crippen LogP) is 0.0651. The molecule has 0 aromatic heterocycles. The van der Waals surface area contributed by atoms with E-state index in [1.807, 2.05) is 0 Å². The summed E-state index contributed by atoms with van der Waals surface area (Å²) in [7, 11) is 0. The van der Waals surface area contributed by atoms with E-state index in [1.54, 1.807) is 13.8 Å². The maximum absolute atomic E-state index is 10.3. The van der Waals surface area contributed by atoms with Gasteiger partial charge in [-0.15, -0.1) is 0 Å². The molecule has 3 aliphatic rings. The zero-order chi connectivity index (χ0) is 15.2. The average molecular weight is 316 g/mol. The van der Waals surface area contributed by atoms with Crippen molar-refractivity contribution < 1.29 is 20.1 Å². The van der Waals surface area contributed by atoms with Crippen molar-refractivity contribution in [1.29, 1.82) is 0 Å². The lowest BCUT2D eigenvalue weighted by molar-refractivity contribution is -0.210. The highest BCUT2D eigenvalue weighted by Gasteiger charge is 2.52. The van der Waals surface area contributed by atoms with E-state index in [0.29, 0.717) is 0 Å². The number of aliphatic imine (C=N–C) groups is 1. The van der Waals surface area contributed by atoms with Crippen molar-refractivity contribution in [3.63, 3.8) is 0 Å². The fourth-order valence-electron chi connectivity index (χ4n) is 2.83. The monoisotopic (exact) mass is 316 g/mol. The van der Waals surface area contributed by atoms with Crippen LogP contribution in [0.3, 0.4) is 0 Å². The first kappa shape index (κ1) is 15.6. The molecule has 0 bridgehead atoms. The summed E-state index contributed by atoms with van der Waals surface area (Å²) in [6, 6.07) is -0.386. The minimum Gasteiger partial charge on any atom is -0.388 e. The van der Waals surface area contributed by atoms with Crippen LogP contribution in [0.4, 0.5) is 0 Å². The molecule has 2 heterocycles. The van der Waals surface area contributed by atoms with E-state index >= 15 is 0 Å². The first-order valence-corrected chi connectivity index (χ1v) is 8.46. The first-order valence-electron chi connectivity index (χ1n) is 7.58. The molecule has 120 valence electrons. The molecule has 1 saturated carbocycles. The summed E-state index contributed by atoms with van der Waals surface area (Å²) in [5, 5.41) is 34.4. The summed E-state index contributed by atoms with van der Waals surface area (Å²) in [6.45, 7) is 3.93. The van der Waals surface area contributed by atoms with Gasteiger partial charge in [-0.3, -0.25) is 4.99 Å². The summed E-state index contributed by atoms with van der Waals surface area (Å²) in [4.78, 5) is 4.51. The second-order valence-electron chi connectivity index (χ2n) is 6.77. The number of amidine groups is 1. The Morgan fingerprint density at radius 2 is 2.05 bits per heavy atom. The summed E-state index contributed by atoms with van der Waals surface area (Å²) in [5.41, 5.74) is -1.54. The molecule has 7 heteroatoms. The summed E-state index contributed by atoms with van der Waals surface area (Å²) in [6.07, 6.45) is 0.831. The number of aliphatic hydroxyl groups is 3. The lowest BCUT2D eigenvalue weighted by Crippen LogP contribution is -2.63. The van der Waals surface area contributed by atoms with Gasteiger partial charge in [-0.1, -0.05) is 24.6 Å². The SMILES string of the molecule is CC(C)(O)C1OC2SC(=NCCC3CC3)NC2C(O)C1O. The summed E-state index contributed by atoms with van der Waals surface area (Å²) in [5.74, 6) is 0.839. The molecule has 6 nitrogen and oxygen atoms in total. The van der Waals surface area contributed by atoms with Gasteiger partial charge in [0.25, 0.3) is 0 Å². The van der Waals surface area contributed by atoms with Gasteiger partial charge in [-0.2, -0.15) is 0 Å². The molecule has 3 fully saturated rings. The molecule has 21 heavy (non-hydrogen) atoms. The average Bonchev–Trinajstić information content (AvgIpc) is 3.11. The van der Waals surface area contributed by atoms with Crippen LogP contribution in [0.5, 0.6) is 0 Å². The number of hydrogen-bond acceptors (Lipinski definition) is 6. The Bertz CT molecular complexity index is 422. The van der Waals surface area contributed by atoms with Crippen molar-refractivity contribution >= 4 is 16.9 Å². The smallest absolute Gasteiger partial charge is 0.159 e. The summed E-state index contributed by atoms with van der Waals surface area (Å²) < 4.78 is 5.79. The van der Waals surface area contributed by atoms with E-state index in [2.05, 4.69) is 10.3 Å². The van der Waals surface area contributed by atoms with Crippen molar-refractivity contribution in [3.8, 4) is 0 Å². The molecule has 0 spiro atoms. The second kappa shape index (κ2) is 5.70. The highest BCUT2D eigenvalue weighted by Crippen LogP contribution is 2.37. The zero-order valence-electron chi connectivity index (χ0n) is 12.4. The fourth-order valence-corrected chi connectivity index (χ4v) is 3.97. The number of aliphatic hydroxyl groups excluding tert-OH is 2. The van der Waals surface area contributed by atoms with Crippen LogP contribution in [0.25, 0.3) is 0 Å². The van der Waals surface area contributed by atoms with Crippen molar-refractivity contribution in [1.82, 2.24) is 5.32 Å². The molecule has 2 saturated heterocycles. The number of ether oxygens (including phenoxy) is 1. The van der Waals surface area contributed by atoms with E-state index in [0.717, 1.165) is 24.1 Å². The van der Waals surface area contributed by atoms with Gasteiger partial charge < -0.3 is 25.4 Å². The van der Waals surface area contributed by atoms with Crippen molar-refractivity contribution in [3.05, 3.63) is 0 Å². The third-order valence-corrected chi connectivity index (χ3v) is 5.41. The number of nitrogens with zero attached hydrogens (tertiary/aromatic N) is 1. The normalized spacial score (nSPS) is 42.0. The molecule has 1 aliphatic carbocycles. The van der Waals surface area contributed by atoms with Gasteiger partial charge in [0.2, 0.25) is 0 Å². The van der Waals surface area contributed by atoms with Gasteiger partial charge >= 0.3 is 0 Å². The highest BCUT2D eigenvalue weighted by molar-refractivity contribution is 8.14. The van der Waals surface area contributed by atoms with E-state index in [4.69, 9.17) is 4.74 Å². The van der Waals surface area contributed by atoms with Crippen LogP contribution in [-0.4, -0.2) is 62.4 Å². The molecule has 3 rings (SSSR count). The second-order valence-corrected chi connectivity index (χ2v) is 7.85. The number of nitrogens with one attached hydrogen (secondary N) is 1. The number of hydrogen-bond donors (Lipinski definition) is 4. The van der Waals surface area contributed by atoms with E-state index in [9.17, 15) is 15.3 Å². The Hall–Kier alpha value is -0.340. The Balaban J connectivity index is 1.63. The fraction of sp³-hybridized carbons (Fsp3) is 0.929. The Kier molecular flexibility index (Phi) is 4.22. The lowest BCUT2D eigenvalue weighted by atomic mass is 9.88. The highest BCUT2D eigenvalue weighted by atomic mass is 32.2. The van der Waals surface area contributed by atoms with Crippen LogP contribution in [0.15, 0.2) is 4.99 Å². The molecule has 5 unspecified atom stereocenters. The van der Waals surface area contributed by atoms with Gasteiger partial charge in [0.1, 0.15) is 23.7 Å². The van der Waals surface area contributed by atoms with E-state index in [1.165, 1.54) is 24.6 Å². The van der Waals surface area contributed by atoms with Crippen molar-refractivity contribution in [2.75, 3.05) is 6.54 Å². The minimum atomic E-state index is -1.21. The molecule has 2 aliphatic heterocycles. The zero-order valence-corrected chi connectivity index (χ0v) is 13.2. The number of thioether (sulfide) groups is 1. The molecule has 0 aromatic rings. The minimum absolute atomic E-state index is 0.334.